The van der Waals surface area contributed by atoms with Crippen molar-refractivity contribution in [2.75, 3.05) is 6.79 Å². The summed E-state index contributed by atoms with van der Waals surface area (Å²) < 4.78 is 45.0. The van der Waals surface area contributed by atoms with Gasteiger partial charge in [-0.2, -0.15) is 0 Å². The van der Waals surface area contributed by atoms with Crippen LogP contribution in [-0.4, -0.2) is 27.0 Å². The van der Waals surface area contributed by atoms with Gasteiger partial charge in [0.1, 0.15) is 12.4 Å². The van der Waals surface area contributed by atoms with E-state index >= 15 is 0 Å². The van der Waals surface area contributed by atoms with E-state index in [1.165, 1.54) is 12.1 Å². The van der Waals surface area contributed by atoms with E-state index in [0.29, 0.717) is 62.9 Å². The van der Waals surface area contributed by atoms with Crippen molar-refractivity contribution in [2.45, 2.75) is 32.5 Å². The number of nitrogens with one attached hydrogen (secondary N) is 2. The molecule has 1 heterocycles. The highest BCUT2D eigenvalue weighted by molar-refractivity contribution is 7.93. The van der Waals surface area contributed by atoms with E-state index in [0.717, 1.165) is 5.41 Å². The zero-order valence-electron chi connectivity index (χ0n) is 24.8. The van der Waals surface area contributed by atoms with Crippen LogP contribution in [0.15, 0.2) is 96.4 Å². The van der Waals surface area contributed by atoms with E-state index in [1.54, 1.807) is 72.8 Å². The van der Waals surface area contributed by atoms with Crippen LogP contribution in [0.25, 0.3) is 6.08 Å². The zero-order chi connectivity index (χ0) is 32.5. The molecule has 10 nitrogen and oxygen atoms in total. The van der Waals surface area contributed by atoms with Crippen LogP contribution in [0.1, 0.15) is 52.1 Å². The topological polar surface area (TPSA) is 129 Å². The number of rotatable bonds is 13. The highest BCUT2D eigenvalue weighted by atomic mass is 35.5. The first-order chi connectivity index (χ1) is 22.2. The zero-order valence-corrected chi connectivity index (χ0v) is 26.3. The lowest BCUT2D eigenvalue weighted by Crippen LogP contribution is -2.36. The molecular formula is C34H31ClN2O8S. The molecule has 4 aromatic rings. The summed E-state index contributed by atoms with van der Waals surface area (Å²) in [5, 5.41) is 1.44. The molecule has 0 aromatic heterocycles. The minimum Gasteiger partial charge on any atom is -0.475 e. The van der Waals surface area contributed by atoms with Crippen molar-refractivity contribution in [3.8, 4) is 17.2 Å². The van der Waals surface area contributed by atoms with E-state index in [4.69, 9.17) is 30.6 Å². The maximum Gasteiger partial charge on any atom is 0.279 e. The molecule has 0 radical (unpaired) electrons. The van der Waals surface area contributed by atoms with Gasteiger partial charge in [0, 0.05) is 16.1 Å². The summed E-state index contributed by atoms with van der Waals surface area (Å²) in [5.41, 5.74) is 5.04. The first kappa shape index (κ1) is 32.6. The number of carbonyl (C=O) groups is 2. The van der Waals surface area contributed by atoms with Crippen molar-refractivity contribution in [1.29, 1.82) is 0 Å². The van der Waals surface area contributed by atoms with Gasteiger partial charge < -0.3 is 14.2 Å². The molecule has 1 aliphatic rings. The van der Waals surface area contributed by atoms with Gasteiger partial charge in [0.15, 0.2) is 11.5 Å². The maximum atomic E-state index is 13.6. The van der Waals surface area contributed by atoms with Gasteiger partial charge in [0.05, 0.1) is 5.41 Å². The predicted octanol–water partition coefficient (Wildman–Crippen LogP) is 6.12. The number of ether oxygens (including phenoxy) is 3. The number of halogens is 1. The highest BCUT2D eigenvalue weighted by Crippen LogP contribution is 2.36. The van der Waals surface area contributed by atoms with Crippen molar-refractivity contribution < 1.29 is 37.1 Å². The predicted molar refractivity (Wildman–Crippen MR) is 173 cm³/mol. The number of hydrogen-bond donors (Lipinski definition) is 2. The molecule has 4 aromatic carbocycles. The van der Waals surface area contributed by atoms with Gasteiger partial charge in [-0.3, -0.25) is 14.4 Å². The Kier molecular flexibility index (Phi) is 10.6. The van der Waals surface area contributed by atoms with Gasteiger partial charge in [-0.05, 0) is 65.6 Å². The van der Waals surface area contributed by atoms with Crippen LogP contribution in [0.5, 0.6) is 17.2 Å². The standard InChI is InChI=1S/C34H31ClN2O8S/c1-2-8-24-19-26(33(38)36-44-21-27-11-6-7-12-28(27)35)14-15-29(24)45-32(25-13-16-30-31(20-25)43-22-42-30)34(39)37-46(40,41)18-17-23-9-4-3-5-10-23/h3-7,9-20,32H,2,8,21-22H2,1H3,(H,36,38)(H,37,39)/b18-17+. The van der Waals surface area contributed by atoms with Crippen LogP contribution >= 0.6 is 11.6 Å². The Hall–Kier alpha value is -4.84. The summed E-state index contributed by atoms with van der Waals surface area (Å²) in [6.45, 7) is 2.04. The summed E-state index contributed by atoms with van der Waals surface area (Å²) in [4.78, 5) is 31.8. The Morgan fingerprint density at radius 2 is 1.70 bits per heavy atom. The van der Waals surface area contributed by atoms with Crippen LogP contribution < -0.4 is 24.4 Å². The van der Waals surface area contributed by atoms with E-state index in [-0.39, 0.29) is 13.4 Å². The van der Waals surface area contributed by atoms with Gasteiger partial charge in [0.2, 0.25) is 12.9 Å². The second kappa shape index (κ2) is 15.0. The molecule has 0 bridgehead atoms. The third kappa shape index (κ3) is 8.45. The molecular weight excluding hydrogens is 632 g/mol. The van der Waals surface area contributed by atoms with Crippen LogP contribution in [0, 0.1) is 0 Å². The molecule has 0 spiro atoms. The minimum atomic E-state index is -4.20. The van der Waals surface area contributed by atoms with E-state index in [9.17, 15) is 18.0 Å². The van der Waals surface area contributed by atoms with Crippen LogP contribution in [0.2, 0.25) is 5.02 Å². The lowest BCUT2D eigenvalue weighted by atomic mass is 10.0. The quantitative estimate of drug-likeness (QED) is 0.164. The van der Waals surface area contributed by atoms with Crippen LogP contribution in [0.3, 0.4) is 0 Å². The van der Waals surface area contributed by atoms with Gasteiger partial charge >= 0.3 is 0 Å². The Morgan fingerprint density at radius 1 is 0.935 bits per heavy atom. The van der Waals surface area contributed by atoms with Gasteiger partial charge in [0.25, 0.3) is 21.8 Å². The molecule has 2 amide bonds. The molecule has 12 heteroatoms. The average molecular weight is 663 g/mol. The number of carbonyl (C=O) groups excluding carboxylic acids is 2. The third-order valence-corrected chi connectivity index (χ3v) is 8.21. The molecule has 5 rings (SSSR count). The molecule has 238 valence electrons. The average Bonchev–Trinajstić information content (AvgIpc) is 3.52. The van der Waals surface area contributed by atoms with E-state index in [1.807, 2.05) is 19.1 Å². The Bertz CT molecular complexity index is 1850. The van der Waals surface area contributed by atoms with E-state index in [2.05, 4.69) is 10.2 Å². The number of hydroxylamine groups is 1. The van der Waals surface area contributed by atoms with Crippen molar-refractivity contribution >= 4 is 39.5 Å². The fourth-order valence-electron chi connectivity index (χ4n) is 4.59. The molecule has 46 heavy (non-hydrogen) atoms. The molecule has 1 aliphatic heterocycles. The summed E-state index contributed by atoms with van der Waals surface area (Å²) in [7, 11) is -4.20. The summed E-state index contributed by atoms with van der Waals surface area (Å²) >= 11 is 6.16. The van der Waals surface area contributed by atoms with Gasteiger partial charge in [-0.1, -0.05) is 79.5 Å². The Labute approximate surface area is 271 Å². The number of hydrogen-bond acceptors (Lipinski definition) is 8. The number of benzene rings is 4. The molecule has 1 unspecified atom stereocenters. The van der Waals surface area contributed by atoms with Crippen molar-refractivity contribution in [2.24, 2.45) is 0 Å². The van der Waals surface area contributed by atoms with Crippen LogP contribution in [0.4, 0.5) is 0 Å². The van der Waals surface area contributed by atoms with E-state index < -0.39 is 27.9 Å². The van der Waals surface area contributed by atoms with Gasteiger partial charge in [-0.25, -0.2) is 18.6 Å². The number of amides is 2. The van der Waals surface area contributed by atoms with Crippen LogP contribution in [-0.2, 0) is 32.7 Å². The largest absolute Gasteiger partial charge is 0.475 e. The summed E-state index contributed by atoms with van der Waals surface area (Å²) in [6.07, 6.45) is 1.19. The monoisotopic (exact) mass is 662 g/mol. The number of fused-ring (bicyclic) bond motifs is 1. The molecule has 0 fully saturated rings. The van der Waals surface area contributed by atoms with Crippen molar-refractivity contribution in [1.82, 2.24) is 10.2 Å². The normalized spacial score (nSPS) is 12.9. The Balaban J connectivity index is 1.37. The lowest BCUT2D eigenvalue weighted by molar-refractivity contribution is -0.126. The number of sulfonamides is 1. The van der Waals surface area contributed by atoms with Crippen molar-refractivity contribution in [3.63, 3.8) is 0 Å². The maximum absolute atomic E-state index is 13.6. The minimum absolute atomic E-state index is 0.0153. The van der Waals surface area contributed by atoms with Crippen molar-refractivity contribution in [3.05, 3.63) is 129 Å². The molecule has 1 atom stereocenters. The first-order valence-electron chi connectivity index (χ1n) is 14.4. The second-order valence-corrected chi connectivity index (χ2v) is 12.2. The highest BCUT2D eigenvalue weighted by Gasteiger charge is 2.29. The molecule has 0 saturated carbocycles. The smallest absolute Gasteiger partial charge is 0.279 e. The molecule has 0 saturated heterocycles. The Morgan fingerprint density at radius 3 is 2.48 bits per heavy atom. The van der Waals surface area contributed by atoms with Gasteiger partial charge in [-0.15, -0.1) is 0 Å². The lowest BCUT2D eigenvalue weighted by Gasteiger charge is -2.21. The third-order valence-electron chi connectivity index (χ3n) is 6.86. The first-order valence-corrected chi connectivity index (χ1v) is 16.3. The summed E-state index contributed by atoms with van der Waals surface area (Å²) in [5.74, 6) is -0.236. The number of aryl methyl sites for hydroxylation is 1. The molecule has 2 N–H and O–H groups in total. The summed E-state index contributed by atoms with van der Waals surface area (Å²) in [6, 6.07) is 25.5. The fourth-order valence-corrected chi connectivity index (χ4v) is 5.57. The SMILES string of the molecule is CCCc1cc(C(=O)NOCc2ccccc2Cl)ccc1OC(C(=O)NS(=O)(=O)/C=C/c1ccccc1)c1ccc2c(c1)OCO2. The molecule has 0 aliphatic carbocycles. The fraction of sp³-hybridized carbons (Fsp3) is 0.176. The second-order valence-electron chi connectivity index (χ2n) is 10.2.